The first-order chi connectivity index (χ1) is 7.73. The third-order valence-electron chi connectivity index (χ3n) is 3.61. The normalized spacial score (nSPS) is 29.2. The fraction of sp³-hybridized carbons (Fsp3) is 0.600. The van der Waals surface area contributed by atoms with Crippen molar-refractivity contribution in [2.45, 2.75) is 57.7 Å². The second-order valence-electron chi connectivity index (χ2n) is 7.24. The number of hydrogen-bond acceptors (Lipinski definition) is 1. The maximum atomic E-state index is 2.70. The van der Waals surface area contributed by atoms with Gasteiger partial charge in [0.05, 0.1) is 8.07 Å². The molecule has 0 spiro atoms. The topological polar surface area (TPSA) is 3.01 Å². The Labute approximate surface area is 107 Å². The predicted molar refractivity (Wildman–Crippen MR) is 77.9 cm³/mol. The Bertz CT molecular complexity index is 366. The van der Waals surface area contributed by atoms with E-state index in [2.05, 4.69) is 75.6 Å². The predicted octanol–water partition coefficient (Wildman–Crippen LogP) is 4.09. The van der Waals surface area contributed by atoms with Gasteiger partial charge in [0.2, 0.25) is 0 Å². The summed E-state index contributed by atoms with van der Waals surface area (Å²) < 4.78 is 0. The zero-order valence-corrected chi connectivity index (χ0v) is 13.0. The van der Waals surface area contributed by atoms with E-state index in [0.717, 1.165) is 5.67 Å². The summed E-state index contributed by atoms with van der Waals surface area (Å²) in [5.41, 5.74) is 2.57. The molecule has 0 bridgehead atoms. The van der Waals surface area contributed by atoms with Crippen molar-refractivity contribution in [1.82, 2.24) is 4.90 Å². The highest BCUT2D eigenvalue weighted by atomic mass is 28.3. The second-order valence-corrected chi connectivity index (χ2v) is 12.6. The molecule has 1 aliphatic heterocycles. The van der Waals surface area contributed by atoms with Crippen LogP contribution in [-0.2, 0) is 0 Å². The largest absolute Gasteiger partial charge is 0.288 e. The molecule has 1 heterocycles. The third-order valence-corrected chi connectivity index (χ3v) is 5.98. The lowest BCUT2D eigenvalue weighted by molar-refractivity contribution is 0.280. The quantitative estimate of drug-likeness (QED) is 0.562. The van der Waals surface area contributed by atoms with Gasteiger partial charge in [-0.25, -0.2) is 0 Å². The highest BCUT2D eigenvalue weighted by molar-refractivity contribution is 6.78. The van der Waals surface area contributed by atoms with Gasteiger partial charge < -0.3 is 0 Å². The van der Waals surface area contributed by atoms with Crippen LogP contribution < -0.4 is 0 Å². The van der Waals surface area contributed by atoms with Crippen molar-refractivity contribution in [3.05, 3.63) is 35.9 Å². The van der Waals surface area contributed by atoms with E-state index < -0.39 is 8.07 Å². The Morgan fingerprint density at radius 3 is 1.88 bits per heavy atom. The van der Waals surface area contributed by atoms with E-state index in [1.54, 1.807) is 0 Å². The average Bonchev–Trinajstić information content (AvgIpc) is 2.92. The third kappa shape index (κ3) is 2.48. The van der Waals surface area contributed by atoms with Gasteiger partial charge in [0.1, 0.15) is 0 Å². The van der Waals surface area contributed by atoms with Crippen LogP contribution in [0.25, 0.3) is 0 Å². The molecule has 1 nitrogen and oxygen atoms in total. The monoisotopic (exact) mass is 247 g/mol. The Hall–Kier alpha value is -0.603. The Kier molecular flexibility index (Phi) is 2.99. The van der Waals surface area contributed by atoms with E-state index in [0.29, 0.717) is 6.04 Å². The van der Waals surface area contributed by atoms with Crippen molar-refractivity contribution < 1.29 is 0 Å². The van der Waals surface area contributed by atoms with Gasteiger partial charge in [0.15, 0.2) is 0 Å². The van der Waals surface area contributed by atoms with Crippen LogP contribution in [0.15, 0.2) is 30.3 Å². The van der Waals surface area contributed by atoms with Gasteiger partial charge in [-0.3, -0.25) is 4.90 Å². The second kappa shape index (κ2) is 3.96. The summed E-state index contributed by atoms with van der Waals surface area (Å²) in [6.07, 6.45) is 0. The van der Waals surface area contributed by atoms with E-state index >= 15 is 0 Å². The van der Waals surface area contributed by atoms with Crippen LogP contribution in [-0.4, -0.2) is 24.2 Å². The molecule has 0 saturated carbocycles. The molecular weight excluding hydrogens is 222 g/mol. The molecule has 2 rings (SSSR count). The van der Waals surface area contributed by atoms with E-state index in [1.807, 2.05) is 0 Å². The minimum atomic E-state index is -1.12. The lowest BCUT2D eigenvalue weighted by atomic mass is 10.1. The van der Waals surface area contributed by atoms with Crippen LogP contribution in [0.3, 0.4) is 0 Å². The molecule has 0 amide bonds. The van der Waals surface area contributed by atoms with Crippen molar-refractivity contribution in [1.29, 1.82) is 0 Å². The molecule has 1 fully saturated rings. The van der Waals surface area contributed by atoms with Crippen LogP contribution in [0.5, 0.6) is 0 Å². The van der Waals surface area contributed by atoms with Gasteiger partial charge in [-0.2, -0.15) is 0 Å². The van der Waals surface area contributed by atoms with Crippen LogP contribution in [0.4, 0.5) is 0 Å². The van der Waals surface area contributed by atoms with Gasteiger partial charge in [0, 0.05) is 17.2 Å². The molecule has 1 aliphatic rings. The van der Waals surface area contributed by atoms with E-state index in [4.69, 9.17) is 0 Å². The van der Waals surface area contributed by atoms with Crippen molar-refractivity contribution in [3.8, 4) is 0 Å². The number of hydrogen-bond donors (Lipinski definition) is 0. The molecule has 0 aliphatic carbocycles. The Morgan fingerprint density at radius 2 is 1.53 bits per heavy atom. The summed E-state index contributed by atoms with van der Waals surface area (Å²) in [6, 6.07) is 11.7. The first kappa shape index (κ1) is 12.8. The van der Waals surface area contributed by atoms with Crippen molar-refractivity contribution in [3.63, 3.8) is 0 Å². The summed E-state index contributed by atoms with van der Waals surface area (Å²) in [5.74, 6) is 0. The number of nitrogens with zero attached hydrogens (tertiary/aromatic N) is 1. The van der Waals surface area contributed by atoms with Gasteiger partial charge in [-0.05, 0) is 26.3 Å². The van der Waals surface area contributed by atoms with Gasteiger partial charge in [-0.1, -0.05) is 50.0 Å². The van der Waals surface area contributed by atoms with Gasteiger partial charge >= 0.3 is 0 Å². The Morgan fingerprint density at radius 1 is 1.00 bits per heavy atom. The van der Waals surface area contributed by atoms with Crippen LogP contribution in [0, 0.1) is 0 Å². The summed E-state index contributed by atoms with van der Waals surface area (Å²) in [4.78, 5) is 2.70. The molecule has 3 atom stereocenters. The molecular formula is C15H25NSi. The highest BCUT2D eigenvalue weighted by Crippen LogP contribution is 2.52. The standard InChI is InChI=1S/C15H25NSi/c1-15(2,3)16-13(14(16)17(4,5)6)12-10-8-7-9-11-12/h7-11,13-14H,1-6H3/t13-,14+,16?/m0/s1. The molecule has 94 valence electrons. The summed E-state index contributed by atoms with van der Waals surface area (Å²) in [5, 5.41) is 0. The summed E-state index contributed by atoms with van der Waals surface area (Å²) in [7, 11) is -1.12. The van der Waals surface area contributed by atoms with E-state index in [9.17, 15) is 0 Å². The van der Waals surface area contributed by atoms with Gasteiger partial charge in [-0.15, -0.1) is 0 Å². The zero-order chi connectivity index (χ0) is 12.8. The van der Waals surface area contributed by atoms with E-state index in [1.165, 1.54) is 5.56 Å². The molecule has 2 heteroatoms. The lowest BCUT2D eigenvalue weighted by Crippen LogP contribution is -2.37. The van der Waals surface area contributed by atoms with Crippen molar-refractivity contribution >= 4 is 8.07 Å². The lowest BCUT2D eigenvalue weighted by Gasteiger charge is -2.25. The molecule has 1 unspecified atom stereocenters. The summed E-state index contributed by atoms with van der Waals surface area (Å²) >= 11 is 0. The molecule has 1 saturated heterocycles. The van der Waals surface area contributed by atoms with Crippen molar-refractivity contribution in [2.24, 2.45) is 0 Å². The zero-order valence-electron chi connectivity index (χ0n) is 12.0. The molecule has 1 aromatic carbocycles. The fourth-order valence-electron chi connectivity index (χ4n) is 2.95. The first-order valence-electron chi connectivity index (χ1n) is 6.56. The molecule has 0 N–H and O–H groups in total. The van der Waals surface area contributed by atoms with Crippen LogP contribution in [0.2, 0.25) is 19.6 Å². The minimum absolute atomic E-state index is 0.283. The Balaban J connectivity index is 2.29. The SMILES string of the molecule is CC(C)(C)N1[C@H]([Si](C)(C)C)[C@@H]1c1ccccc1. The number of benzene rings is 1. The highest BCUT2D eigenvalue weighted by Gasteiger charge is 2.58. The molecule has 17 heavy (non-hydrogen) atoms. The van der Waals surface area contributed by atoms with Crippen LogP contribution in [0.1, 0.15) is 32.4 Å². The van der Waals surface area contributed by atoms with Gasteiger partial charge in [0.25, 0.3) is 0 Å². The molecule has 0 aromatic heterocycles. The first-order valence-corrected chi connectivity index (χ1v) is 10.1. The maximum Gasteiger partial charge on any atom is 0.0663 e. The number of rotatable bonds is 2. The molecule has 1 aromatic rings. The molecule has 0 radical (unpaired) electrons. The average molecular weight is 247 g/mol. The van der Waals surface area contributed by atoms with Crippen molar-refractivity contribution in [2.75, 3.05) is 0 Å². The smallest absolute Gasteiger partial charge is 0.0663 e. The van der Waals surface area contributed by atoms with E-state index in [-0.39, 0.29) is 5.54 Å². The van der Waals surface area contributed by atoms with Crippen LogP contribution >= 0.6 is 0 Å². The minimum Gasteiger partial charge on any atom is -0.288 e. The fourth-order valence-corrected chi connectivity index (χ4v) is 5.55. The maximum absolute atomic E-state index is 2.70. The summed E-state index contributed by atoms with van der Waals surface area (Å²) in [6.45, 7) is 14.5.